The zero-order valence-corrected chi connectivity index (χ0v) is 10.9. The number of carbonyl (C=O) groups is 1. The molecule has 2 N–H and O–H groups in total. The van der Waals surface area contributed by atoms with E-state index >= 15 is 0 Å². The number of nitrogens with one attached hydrogen (secondary N) is 1. The van der Waals surface area contributed by atoms with Gasteiger partial charge >= 0.3 is 0 Å². The van der Waals surface area contributed by atoms with Crippen molar-refractivity contribution in [3.8, 4) is 0 Å². The predicted molar refractivity (Wildman–Crippen MR) is 65.8 cm³/mol. The Morgan fingerprint density at radius 3 is 3.06 bits per heavy atom. The van der Waals surface area contributed by atoms with Crippen molar-refractivity contribution in [2.45, 2.75) is 31.5 Å². The van der Waals surface area contributed by atoms with Gasteiger partial charge in [0.25, 0.3) is 0 Å². The SMILES string of the molecule is CC(C)n1cnnc1SCC(=O)NCCCO. The van der Waals surface area contributed by atoms with E-state index in [-0.39, 0.29) is 18.6 Å². The minimum Gasteiger partial charge on any atom is -0.396 e. The lowest BCUT2D eigenvalue weighted by Gasteiger charge is -2.09. The van der Waals surface area contributed by atoms with Crippen molar-refractivity contribution in [2.24, 2.45) is 0 Å². The molecule has 0 spiro atoms. The molecule has 0 aromatic carbocycles. The van der Waals surface area contributed by atoms with E-state index in [0.29, 0.717) is 18.7 Å². The summed E-state index contributed by atoms with van der Waals surface area (Å²) in [6.45, 7) is 4.67. The van der Waals surface area contributed by atoms with E-state index in [1.54, 1.807) is 6.33 Å². The Kier molecular flexibility index (Phi) is 5.99. The van der Waals surface area contributed by atoms with Gasteiger partial charge in [-0.15, -0.1) is 10.2 Å². The summed E-state index contributed by atoms with van der Waals surface area (Å²) in [6, 6.07) is 0.282. The van der Waals surface area contributed by atoms with Crippen molar-refractivity contribution in [3.63, 3.8) is 0 Å². The minimum atomic E-state index is -0.0539. The summed E-state index contributed by atoms with van der Waals surface area (Å²) in [5.74, 6) is 0.262. The molecule has 1 rings (SSSR count). The Balaban J connectivity index is 2.34. The van der Waals surface area contributed by atoms with Crippen LogP contribution in [0.25, 0.3) is 0 Å². The van der Waals surface area contributed by atoms with Gasteiger partial charge in [-0.3, -0.25) is 4.79 Å². The van der Waals surface area contributed by atoms with Crippen LogP contribution in [0.2, 0.25) is 0 Å². The molecule has 0 bridgehead atoms. The minimum absolute atomic E-state index is 0.0539. The molecule has 0 saturated carbocycles. The molecule has 0 unspecified atom stereocenters. The zero-order valence-electron chi connectivity index (χ0n) is 10.1. The summed E-state index contributed by atoms with van der Waals surface area (Å²) >= 11 is 1.36. The van der Waals surface area contributed by atoms with E-state index in [4.69, 9.17) is 5.11 Å². The first-order chi connectivity index (χ1) is 8.15. The molecule has 0 atom stereocenters. The number of aliphatic hydroxyl groups is 1. The van der Waals surface area contributed by atoms with Crippen LogP contribution in [-0.4, -0.2) is 44.7 Å². The van der Waals surface area contributed by atoms with Crippen LogP contribution in [0, 0.1) is 0 Å². The van der Waals surface area contributed by atoms with Crippen LogP contribution >= 0.6 is 11.8 Å². The first-order valence-corrected chi connectivity index (χ1v) is 6.53. The number of aromatic nitrogens is 3. The molecule has 0 aliphatic heterocycles. The summed E-state index contributed by atoms with van der Waals surface area (Å²) in [5.41, 5.74) is 0. The first-order valence-electron chi connectivity index (χ1n) is 5.55. The summed E-state index contributed by atoms with van der Waals surface area (Å²) in [4.78, 5) is 11.4. The van der Waals surface area contributed by atoms with Crippen LogP contribution in [-0.2, 0) is 4.79 Å². The fourth-order valence-corrected chi connectivity index (χ4v) is 2.05. The highest BCUT2D eigenvalue weighted by molar-refractivity contribution is 7.99. The number of hydrogen-bond donors (Lipinski definition) is 2. The molecule has 1 aromatic heterocycles. The van der Waals surface area contributed by atoms with Crippen LogP contribution < -0.4 is 5.32 Å². The molecule has 1 heterocycles. The van der Waals surface area contributed by atoms with Crippen molar-refractivity contribution in [1.29, 1.82) is 0 Å². The monoisotopic (exact) mass is 258 g/mol. The normalized spacial score (nSPS) is 10.8. The molecule has 0 aliphatic rings. The van der Waals surface area contributed by atoms with Gasteiger partial charge in [0.05, 0.1) is 5.75 Å². The van der Waals surface area contributed by atoms with Crippen molar-refractivity contribution < 1.29 is 9.90 Å². The summed E-state index contributed by atoms with van der Waals surface area (Å²) in [5, 5.41) is 19.8. The van der Waals surface area contributed by atoms with Crippen LogP contribution in [0.3, 0.4) is 0 Å². The van der Waals surface area contributed by atoms with Gasteiger partial charge in [0.15, 0.2) is 5.16 Å². The Bertz CT molecular complexity index is 354. The van der Waals surface area contributed by atoms with Crippen molar-refractivity contribution in [2.75, 3.05) is 18.9 Å². The Morgan fingerprint density at radius 1 is 1.65 bits per heavy atom. The summed E-state index contributed by atoms with van der Waals surface area (Å²) < 4.78 is 1.92. The van der Waals surface area contributed by atoms with E-state index in [9.17, 15) is 4.79 Å². The molecule has 0 fully saturated rings. The average molecular weight is 258 g/mol. The largest absolute Gasteiger partial charge is 0.396 e. The molecular weight excluding hydrogens is 240 g/mol. The number of aliphatic hydroxyl groups excluding tert-OH is 1. The van der Waals surface area contributed by atoms with Crippen LogP contribution in [0.15, 0.2) is 11.5 Å². The van der Waals surface area contributed by atoms with Crippen molar-refractivity contribution in [3.05, 3.63) is 6.33 Å². The van der Waals surface area contributed by atoms with Crippen LogP contribution in [0.5, 0.6) is 0 Å². The van der Waals surface area contributed by atoms with Crippen molar-refractivity contribution >= 4 is 17.7 Å². The molecule has 0 saturated heterocycles. The van der Waals surface area contributed by atoms with E-state index in [0.717, 1.165) is 5.16 Å². The number of thioether (sulfide) groups is 1. The second-order valence-corrected chi connectivity index (χ2v) is 4.77. The predicted octanol–water partition coefficient (Wildman–Crippen LogP) is 0.450. The highest BCUT2D eigenvalue weighted by Crippen LogP contribution is 2.18. The standard InChI is InChI=1S/C10H18N4O2S/c1-8(2)14-7-12-13-10(14)17-6-9(16)11-4-3-5-15/h7-8,15H,3-6H2,1-2H3,(H,11,16). The molecule has 0 radical (unpaired) electrons. The van der Waals surface area contributed by atoms with E-state index in [1.165, 1.54) is 11.8 Å². The van der Waals surface area contributed by atoms with E-state index < -0.39 is 0 Å². The number of rotatable bonds is 7. The third-order valence-electron chi connectivity index (χ3n) is 2.09. The third-order valence-corrected chi connectivity index (χ3v) is 3.04. The maximum atomic E-state index is 11.4. The Hall–Kier alpha value is -1.08. The Labute approximate surface area is 105 Å². The maximum absolute atomic E-state index is 11.4. The topological polar surface area (TPSA) is 80.0 Å². The molecule has 17 heavy (non-hydrogen) atoms. The summed E-state index contributed by atoms with van der Waals surface area (Å²) in [6.07, 6.45) is 2.25. The smallest absolute Gasteiger partial charge is 0.230 e. The summed E-state index contributed by atoms with van der Waals surface area (Å²) in [7, 11) is 0. The lowest BCUT2D eigenvalue weighted by Crippen LogP contribution is -2.26. The molecular formula is C10H18N4O2S. The fraction of sp³-hybridized carbons (Fsp3) is 0.700. The average Bonchev–Trinajstić information content (AvgIpc) is 2.75. The number of nitrogens with zero attached hydrogens (tertiary/aromatic N) is 3. The first kappa shape index (κ1) is 14.0. The fourth-order valence-electron chi connectivity index (χ4n) is 1.18. The van der Waals surface area contributed by atoms with Gasteiger partial charge in [0.2, 0.25) is 5.91 Å². The molecule has 1 aromatic rings. The third kappa shape index (κ3) is 4.74. The van der Waals surface area contributed by atoms with Gasteiger partial charge in [0.1, 0.15) is 6.33 Å². The van der Waals surface area contributed by atoms with Gasteiger partial charge in [-0.1, -0.05) is 11.8 Å². The van der Waals surface area contributed by atoms with E-state index in [2.05, 4.69) is 15.5 Å². The molecule has 96 valence electrons. The van der Waals surface area contributed by atoms with E-state index in [1.807, 2.05) is 18.4 Å². The van der Waals surface area contributed by atoms with Crippen molar-refractivity contribution in [1.82, 2.24) is 20.1 Å². The van der Waals surface area contributed by atoms with Gasteiger partial charge in [-0.25, -0.2) is 0 Å². The highest BCUT2D eigenvalue weighted by Gasteiger charge is 2.10. The highest BCUT2D eigenvalue weighted by atomic mass is 32.2. The Morgan fingerprint density at radius 2 is 2.41 bits per heavy atom. The second kappa shape index (κ2) is 7.29. The number of amides is 1. The van der Waals surface area contributed by atoms with Gasteiger partial charge < -0.3 is 15.0 Å². The van der Waals surface area contributed by atoms with Gasteiger partial charge in [-0.05, 0) is 20.3 Å². The lowest BCUT2D eigenvalue weighted by molar-refractivity contribution is -0.118. The quantitative estimate of drug-likeness (QED) is 0.548. The van der Waals surface area contributed by atoms with Gasteiger partial charge in [-0.2, -0.15) is 0 Å². The zero-order chi connectivity index (χ0) is 12.7. The molecule has 0 aliphatic carbocycles. The molecule has 6 nitrogen and oxygen atoms in total. The molecule has 1 amide bonds. The lowest BCUT2D eigenvalue weighted by atomic mass is 10.4. The molecule has 7 heteroatoms. The van der Waals surface area contributed by atoms with Crippen LogP contribution in [0.4, 0.5) is 0 Å². The maximum Gasteiger partial charge on any atom is 0.230 e. The number of hydrogen-bond acceptors (Lipinski definition) is 5. The second-order valence-electron chi connectivity index (χ2n) is 3.83. The van der Waals surface area contributed by atoms with Crippen LogP contribution in [0.1, 0.15) is 26.3 Å². The number of carbonyl (C=O) groups excluding carboxylic acids is 1. The van der Waals surface area contributed by atoms with Gasteiger partial charge in [0, 0.05) is 19.2 Å².